The van der Waals surface area contributed by atoms with Crippen molar-refractivity contribution in [1.29, 1.82) is 0 Å². The molecule has 2 aliphatic rings. The third-order valence-electron chi connectivity index (χ3n) is 4.33. The van der Waals surface area contributed by atoms with Gasteiger partial charge in [0, 0.05) is 0 Å². The molecule has 2 fully saturated rings. The van der Waals surface area contributed by atoms with E-state index in [1.54, 1.807) is 13.2 Å². The van der Waals surface area contributed by atoms with Crippen LogP contribution in [0.15, 0.2) is 29.2 Å². The van der Waals surface area contributed by atoms with Crippen LogP contribution in [0.1, 0.15) is 31.2 Å². The highest BCUT2D eigenvalue weighted by atomic mass is 32.2. The summed E-state index contributed by atoms with van der Waals surface area (Å²) in [5.41, 5.74) is 0.885. The Morgan fingerprint density at radius 3 is 2.38 bits per heavy atom. The molecule has 2 aliphatic heterocycles. The average molecular weight is 346 g/mol. The molecule has 6 heteroatoms. The molecule has 5 nitrogen and oxygen atoms in total. The van der Waals surface area contributed by atoms with Crippen LogP contribution in [0.3, 0.4) is 0 Å². The number of hydrogen-bond donors (Lipinski definition) is 0. The van der Waals surface area contributed by atoms with Crippen LogP contribution in [0.5, 0.6) is 5.75 Å². The van der Waals surface area contributed by atoms with E-state index in [-0.39, 0.29) is 11.1 Å². The highest BCUT2D eigenvalue weighted by molar-refractivity contribution is 8.18. The lowest BCUT2D eigenvalue weighted by molar-refractivity contribution is -0.124. The number of thioether (sulfide) groups is 1. The Morgan fingerprint density at radius 1 is 1.08 bits per heavy atom. The van der Waals surface area contributed by atoms with E-state index >= 15 is 0 Å². The van der Waals surface area contributed by atoms with Gasteiger partial charge in [0.15, 0.2) is 0 Å². The number of imide groups is 1. The Hall–Kier alpha value is -1.79. The number of nitrogens with zero attached hydrogens (tertiary/aromatic N) is 2. The molecule has 0 saturated carbocycles. The standard InChI is InChI=1S/C18H22N2O3S/c1-23-15-8-6-14(7-9-15)12-16-17(21)20(18(22)24-16)13-19-10-4-2-3-5-11-19/h6-9,12H,2-5,10-11,13H2,1H3/b16-12+. The fraction of sp³-hybridized carbons (Fsp3) is 0.444. The predicted octanol–water partition coefficient (Wildman–Crippen LogP) is 3.57. The second-order valence-electron chi connectivity index (χ2n) is 6.06. The third kappa shape index (κ3) is 3.99. The van der Waals surface area contributed by atoms with E-state index < -0.39 is 0 Å². The minimum absolute atomic E-state index is 0.177. The average Bonchev–Trinajstić information content (AvgIpc) is 2.78. The van der Waals surface area contributed by atoms with Gasteiger partial charge < -0.3 is 4.74 Å². The maximum atomic E-state index is 12.6. The van der Waals surface area contributed by atoms with Crippen molar-refractivity contribution >= 4 is 29.0 Å². The molecular weight excluding hydrogens is 324 g/mol. The molecule has 3 rings (SSSR count). The maximum absolute atomic E-state index is 12.6. The van der Waals surface area contributed by atoms with Gasteiger partial charge in [-0.15, -0.1) is 0 Å². The van der Waals surface area contributed by atoms with Crippen molar-refractivity contribution in [3.63, 3.8) is 0 Å². The van der Waals surface area contributed by atoms with E-state index in [2.05, 4.69) is 4.90 Å². The zero-order valence-electron chi connectivity index (χ0n) is 13.9. The molecule has 24 heavy (non-hydrogen) atoms. The van der Waals surface area contributed by atoms with Crippen molar-refractivity contribution in [3.05, 3.63) is 34.7 Å². The van der Waals surface area contributed by atoms with Crippen molar-refractivity contribution in [3.8, 4) is 5.75 Å². The van der Waals surface area contributed by atoms with Gasteiger partial charge in [-0.3, -0.25) is 19.4 Å². The Bertz CT molecular complexity index is 634. The Morgan fingerprint density at radius 2 is 1.75 bits per heavy atom. The number of hydrogen-bond acceptors (Lipinski definition) is 5. The number of benzene rings is 1. The molecule has 128 valence electrons. The molecule has 0 aromatic heterocycles. The topological polar surface area (TPSA) is 49.9 Å². The number of amides is 2. The Kier molecular flexibility index (Phi) is 5.58. The van der Waals surface area contributed by atoms with Crippen molar-refractivity contribution in [2.75, 3.05) is 26.9 Å². The molecular formula is C18H22N2O3S. The number of likely N-dealkylation sites (tertiary alicyclic amines) is 1. The van der Waals surface area contributed by atoms with E-state index in [0.717, 1.165) is 49.0 Å². The molecule has 0 aliphatic carbocycles. The third-order valence-corrected chi connectivity index (χ3v) is 5.23. The number of ether oxygens (including phenoxy) is 1. The maximum Gasteiger partial charge on any atom is 0.294 e. The van der Waals surface area contributed by atoms with Crippen LogP contribution in [-0.4, -0.2) is 47.8 Å². The molecule has 2 heterocycles. The van der Waals surface area contributed by atoms with Crippen LogP contribution in [0.4, 0.5) is 4.79 Å². The quantitative estimate of drug-likeness (QED) is 0.780. The summed E-state index contributed by atoms with van der Waals surface area (Å²) in [5, 5.41) is -0.177. The van der Waals surface area contributed by atoms with Crippen LogP contribution in [0.25, 0.3) is 6.08 Å². The fourth-order valence-corrected chi connectivity index (χ4v) is 3.78. The summed E-state index contributed by atoms with van der Waals surface area (Å²) in [4.78, 5) is 28.9. The summed E-state index contributed by atoms with van der Waals surface area (Å²) in [6.07, 6.45) is 6.51. The summed E-state index contributed by atoms with van der Waals surface area (Å²) < 4.78 is 5.13. The number of rotatable bonds is 4. The van der Waals surface area contributed by atoms with E-state index in [1.165, 1.54) is 17.7 Å². The zero-order valence-corrected chi connectivity index (χ0v) is 14.7. The first-order chi connectivity index (χ1) is 11.7. The summed E-state index contributed by atoms with van der Waals surface area (Å²) in [7, 11) is 1.61. The first kappa shape index (κ1) is 17.0. The van der Waals surface area contributed by atoms with Gasteiger partial charge in [0.2, 0.25) is 0 Å². The van der Waals surface area contributed by atoms with Gasteiger partial charge in [-0.2, -0.15) is 0 Å². The van der Waals surface area contributed by atoms with Crippen molar-refractivity contribution in [2.45, 2.75) is 25.7 Å². The predicted molar refractivity (Wildman–Crippen MR) is 95.7 cm³/mol. The van der Waals surface area contributed by atoms with Crippen molar-refractivity contribution < 1.29 is 14.3 Å². The fourth-order valence-electron chi connectivity index (χ4n) is 2.95. The molecule has 0 N–H and O–H groups in total. The van der Waals surface area contributed by atoms with Gasteiger partial charge in [0.1, 0.15) is 5.75 Å². The molecule has 1 aromatic carbocycles. The number of carbonyl (C=O) groups is 2. The van der Waals surface area contributed by atoms with E-state index in [9.17, 15) is 9.59 Å². The Labute approximate surface area is 146 Å². The zero-order chi connectivity index (χ0) is 16.9. The first-order valence-electron chi connectivity index (χ1n) is 8.29. The molecule has 0 unspecified atom stereocenters. The summed E-state index contributed by atoms with van der Waals surface area (Å²) in [6.45, 7) is 2.32. The van der Waals surface area contributed by atoms with E-state index in [0.29, 0.717) is 11.6 Å². The second-order valence-corrected chi connectivity index (χ2v) is 7.05. The van der Waals surface area contributed by atoms with Crippen molar-refractivity contribution in [2.24, 2.45) is 0 Å². The number of carbonyl (C=O) groups excluding carboxylic acids is 2. The van der Waals surface area contributed by atoms with Gasteiger partial charge in [0.05, 0.1) is 18.7 Å². The monoisotopic (exact) mass is 346 g/mol. The lowest BCUT2D eigenvalue weighted by Crippen LogP contribution is -2.40. The highest BCUT2D eigenvalue weighted by Crippen LogP contribution is 2.32. The lowest BCUT2D eigenvalue weighted by Gasteiger charge is -2.24. The van der Waals surface area contributed by atoms with Crippen LogP contribution in [-0.2, 0) is 4.79 Å². The van der Waals surface area contributed by atoms with Gasteiger partial charge in [-0.05, 0) is 61.5 Å². The summed E-state index contributed by atoms with van der Waals surface area (Å²) >= 11 is 1.02. The van der Waals surface area contributed by atoms with Gasteiger partial charge in [-0.1, -0.05) is 25.0 Å². The molecule has 2 amide bonds. The molecule has 1 aromatic rings. The summed E-state index contributed by atoms with van der Waals surface area (Å²) in [5.74, 6) is 0.575. The van der Waals surface area contributed by atoms with Crippen LogP contribution < -0.4 is 4.74 Å². The Balaban J connectivity index is 1.69. The van der Waals surface area contributed by atoms with Crippen molar-refractivity contribution in [1.82, 2.24) is 9.80 Å². The van der Waals surface area contributed by atoms with Gasteiger partial charge in [-0.25, -0.2) is 0 Å². The van der Waals surface area contributed by atoms with E-state index in [1.807, 2.05) is 24.3 Å². The van der Waals surface area contributed by atoms with E-state index in [4.69, 9.17) is 4.74 Å². The van der Waals surface area contributed by atoms with Crippen LogP contribution >= 0.6 is 11.8 Å². The smallest absolute Gasteiger partial charge is 0.294 e. The largest absolute Gasteiger partial charge is 0.497 e. The second kappa shape index (κ2) is 7.85. The lowest BCUT2D eigenvalue weighted by atomic mass is 10.2. The van der Waals surface area contributed by atoms with Gasteiger partial charge >= 0.3 is 0 Å². The molecule has 0 radical (unpaired) electrons. The molecule has 2 saturated heterocycles. The number of methoxy groups -OCH3 is 1. The molecule has 0 atom stereocenters. The normalized spacial score (nSPS) is 21.4. The molecule has 0 spiro atoms. The molecule has 0 bridgehead atoms. The minimum atomic E-state index is -0.190. The SMILES string of the molecule is COc1ccc(/C=C2/SC(=O)N(CN3CCCCCC3)C2=O)cc1. The highest BCUT2D eigenvalue weighted by Gasteiger charge is 2.36. The minimum Gasteiger partial charge on any atom is -0.497 e. The summed E-state index contributed by atoms with van der Waals surface area (Å²) in [6, 6.07) is 7.43. The first-order valence-corrected chi connectivity index (χ1v) is 9.11. The van der Waals surface area contributed by atoms with Crippen LogP contribution in [0, 0.1) is 0 Å². The van der Waals surface area contributed by atoms with Crippen LogP contribution in [0.2, 0.25) is 0 Å². The van der Waals surface area contributed by atoms with Gasteiger partial charge in [0.25, 0.3) is 11.1 Å².